The van der Waals surface area contributed by atoms with Crippen molar-refractivity contribution in [2.75, 3.05) is 0 Å². The molecule has 1 aliphatic rings. The number of hydrogen-bond donors (Lipinski definition) is 0. The van der Waals surface area contributed by atoms with E-state index in [9.17, 15) is 14.4 Å². The molecule has 0 spiro atoms. The number of imidazole rings is 1. The summed E-state index contributed by atoms with van der Waals surface area (Å²) < 4.78 is 7.90. The van der Waals surface area contributed by atoms with Crippen LogP contribution in [0.1, 0.15) is 93.4 Å². The zero-order valence-electron chi connectivity index (χ0n) is 25.4. The van der Waals surface area contributed by atoms with E-state index in [1.807, 2.05) is 70.2 Å². The van der Waals surface area contributed by atoms with Crippen LogP contribution in [0.3, 0.4) is 0 Å². The third-order valence-corrected chi connectivity index (χ3v) is 7.16. The van der Waals surface area contributed by atoms with Gasteiger partial charge in [-0.05, 0) is 68.0 Å². The largest absolute Gasteiger partial charge is 0.456 e. The molecule has 1 unspecified atom stereocenters. The van der Waals surface area contributed by atoms with E-state index in [0.717, 1.165) is 59.5 Å². The average Bonchev–Trinajstić information content (AvgIpc) is 3.27. The van der Waals surface area contributed by atoms with Crippen molar-refractivity contribution in [2.45, 2.75) is 85.3 Å². The van der Waals surface area contributed by atoms with Gasteiger partial charge in [-0.2, -0.15) is 0 Å². The molecule has 4 rings (SSSR count). The van der Waals surface area contributed by atoms with E-state index in [1.165, 1.54) is 0 Å². The SMILES string of the molecule is CCCCc1nc2c(n1Cc1ccc(-c3ccccc3C(=O)OC(C)(C)C)cc1)CC(=NC(=O)CC(C)CC=O)C=C2. The van der Waals surface area contributed by atoms with Gasteiger partial charge in [0.05, 0.1) is 22.7 Å². The molecule has 0 fully saturated rings. The molecule has 42 heavy (non-hydrogen) atoms. The zero-order valence-corrected chi connectivity index (χ0v) is 25.4. The Balaban J connectivity index is 1.58. The molecule has 2 aromatic carbocycles. The van der Waals surface area contributed by atoms with Crippen LogP contribution in [0, 0.1) is 5.92 Å². The number of rotatable bonds is 11. The Morgan fingerprint density at radius 3 is 2.52 bits per heavy atom. The van der Waals surface area contributed by atoms with Gasteiger partial charge in [0.25, 0.3) is 0 Å². The Morgan fingerprint density at radius 1 is 1.10 bits per heavy atom. The highest BCUT2D eigenvalue weighted by Crippen LogP contribution is 2.28. The minimum absolute atomic E-state index is 0.0206. The van der Waals surface area contributed by atoms with Gasteiger partial charge in [0.1, 0.15) is 17.7 Å². The van der Waals surface area contributed by atoms with Crippen molar-refractivity contribution in [1.82, 2.24) is 9.55 Å². The summed E-state index contributed by atoms with van der Waals surface area (Å²) in [5.74, 6) is 0.465. The number of allylic oxidation sites excluding steroid dienone is 1. The van der Waals surface area contributed by atoms with Gasteiger partial charge in [-0.15, -0.1) is 0 Å². The fraction of sp³-hybridized carbons (Fsp3) is 0.400. The molecule has 0 saturated heterocycles. The maximum atomic E-state index is 12.9. The Labute approximate surface area is 248 Å². The molecule has 0 N–H and O–H groups in total. The van der Waals surface area contributed by atoms with E-state index in [-0.39, 0.29) is 24.2 Å². The van der Waals surface area contributed by atoms with Gasteiger partial charge in [0.15, 0.2) is 0 Å². The van der Waals surface area contributed by atoms with E-state index < -0.39 is 5.60 Å². The normalized spacial score (nSPS) is 14.5. The molecule has 0 radical (unpaired) electrons. The van der Waals surface area contributed by atoms with Crippen molar-refractivity contribution in [3.05, 3.63) is 82.9 Å². The molecule has 1 amide bonds. The van der Waals surface area contributed by atoms with E-state index in [4.69, 9.17) is 9.72 Å². The smallest absolute Gasteiger partial charge is 0.339 e. The summed E-state index contributed by atoms with van der Waals surface area (Å²) in [7, 11) is 0. The predicted molar refractivity (Wildman–Crippen MR) is 167 cm³/mol. The Kier molecular flexibility index (Phi) is 10.0. The van der Waals surface area contributed by atoms with Gasteiger partial charge >= 0.3 is 5.97 Å². The number of esters is 1. The van der Waals surface area contributed by atoms with Gasteiger partial charge in [-0.25, -0.2) is 14.8 Å². The van der Waals surface area contributed by atoms with Gasteiger partial charge in [0, 0.05) is 32.2 Å². The van der Waals surface area contributed by atoms with Gasteiger partial charge in [0.2, 0.25) is 5.91 Å². The Bertz CT molecular complexity index is 1490. The first-order valence-electron chi connectivity index (χ1n) is 14.8. The highest BCUT2D eigenvalue weighted by Gasteiger charge is 2.22. The zero-order chi connectivity index (χ0) is 30.3. The lowest BCUT2D eigenvalue weighted by atomic mass is 9.98. The first kappa shape index (κ1) is 30.8. The summed E-state index contributed by atoms with van der Waals surface area (Å²) >= 11 is 0. The number of aryl methyl sites for hydroxylation is 1. The molecule has 7 heteroatoms. The summed E-state index contributed by atoms with van der Waals surface area (Å²) in [5, 5.41) is 0. The van der Waals surface area contributed by atoms with Crippen LogP contribution >= 0.6 is 0 Å². The molecule has 1 heterocycles. The van der Waals surface area contributed by atoms with Crippen LogP contribution in [0.5, 0.6) is 0 Å². The van der Waals surface area contributed by atoms with Crippen LogP contribution in [0.4, 0.5) is 0 Å². The molecule has 1 aromatic heterocycles. The average molecular weight is 568 g/mol. The number of carbonyl (C=O) groups is 3. The first-order chi connectivity index (χ1) is 20.1. The predicted octanol–water partition coefficient (Wildman–Crippen LogP) is 7.05. The van der Waals surface area contributed by atoms with Crippen LogP contribution in [-0.2, 0) is 33.7 Å². The van der Waals surface area contributed by atoms with Crippen molar-refractivity contribution in [3.63, 3.8) is 0 Å². The van der Waals surface area contributed by atoms with Crippen LogP contribution in [0.2, 0.25) is 0 Å². The third-order valence-electron chi connectivity index (χ3n) is 7.16. The van der Waals surface area contributed by atoms with Crippen LogP contribution in [0.25, 0.3) is 17.2 Å². The van der Waals surface area contributed by atoms with Gasteiger partial charge < -0.3 is 14.1 Å². The minimum atomic E-state index is -0.574. The van der Waals surface area contributed by atoms with Crippen molar-refractivity contribution in [1.29, 1.82) is 0 Å². The lowest BCUT2D eigenvalue weighted by Crippen LogP contribution is -2.24. The molecular formula is C35H41N3O4. The number of ether oxygens (including phenoxy) is 1. The maximum Gasteiger partial charge on any atom is 0.339 e. The number of benzene rings is 2. The van der Waals surface area contributed by atoms with Crippen molar-refractivity contribution < 1.29 is 19.1 Å². The fourth-order valence-corrected chi connectivity index (χ4v) is 5.04. The molecule has 1 aliphatic carbocycles. The number of hydrogen-bond acceptors (Lipinski definition) is 5. The monoisotopic (exact) mass is 567 g/mol. The summed E-state index contributed by atoms with van der Waals surface area (Å²) in [4.78, 5) is 45.5. The summed E-state index contributed by atoms with van der Waals surface area (Å²) in [6, 6.07) is 15.8. The number of unbranched alkanes of at least 4 members (excludes halogenated alkanes) is 1. The van der Waals surface area contributed by atoms with Crippen molar-refractivity contribution >= 4 is 30.0 Å². The van der Waals surface area contributed by atoms with E-state index in [2.05, 4.69) is 28.6 Å². The number of nitrogens with zero attached hydrogens (tertiary/aromatic N) is 3. The number of aldehydes is 1. The van der Waals surface area contributed by atoms with Crippen molar-refractivity contribution in [2.24, 2.45) is 10.9 Å². The molecule has 0 aliphatic heterocycles. The van der Waals surface area contributed by atoms with Crippen LogP contribution in [-0.4, -0.2) is 39.0 Å². The van der Waals surface area contributed by atoms with Crippen molar-refractivity contribution in [3.8, 4) is 11.1 Å². The highest BCUT2D eigenvalue weighted by molar-refractivity contribution is 6.07. The van der Waals surface area contributed by atoms with E-state index in [1.54, 1.807) is 6.07 Å². The standard InChI is InChI=1S/C35H41N3O4/c1-6-7-12-32-37-30-18-17-27(36-33(40)21-24(2)19-20-39)22-31(30)38(32)23-25-13-15-26(16-14-25)28-10-8-9-11-29(28)34(41)42-35(3,4)5/h8-11,13-18,20,24H,6-7,12,19,21-23H2,1-5H3. The molecule has 7 nitrogen and oxygen atoms in total. The number of carbonyl (C=O) groups excluding carboxylic acids is 3. The maximum absolute atomic E-state index is 12.9. The number of fused-ring (bicyclic) bond motifs is 1. The second-order valence-corrected chi connectivity index (χ2v) is 12.0. The highest BCUT2D eigenvalue weighted by atomic mass is 16.6. The molecular weight excluding hydrogens is 526 g/mol. The summed E-state index contributed by atoms with van der Waals surface area (Å²) in [5.41, 5.74) is 5.54. The minimum Gasteiger partial charge on any atom is -0.456 e. The topological polar surface area (TPSA) is 90.6 Å². The van der Waals surface area contributed by atoms with Crippen LogP contribution < -0.4 is 0 Å². The second kappa shape index (κ2) is 13.7. The summed E-state index contributed by atoms with van der Waals surface area (Å²) in [6.45, 7) is 10.3. The molecule has 1 atom stereocenters. The molecule has 3 aromatic rings. The number of aromatic nitrogens is 2. The quantitative estimate of drug-likeness (QED) is 0.183. The molecule has 0 bridgehead atoms. The fourth-order valence-electron chi connectivity index (χ4n) is 5.04. The molecule has 0 saturated carbocycles. The lowest BCUT2D eigenvalue weighted by Gasteiger charge is -2.20. The van der Waals surface area contributed by atoms with E-state index >= 15 is 0 Å². The number of aliphatic imine (C=N–C) groups is 1. The lowest BCUT2D eigenvalue weighted by molar-refractivity contribution is -0.118. The van der Waals surface area contributed by atoms with Crippen LogP contribution in [0.15, 0.2) is 59.6 Å². The Hall–Kier alpha value is -4.13. The van der Waals surface area contributed by atoms with Gasteiger partial charge in [-0.1, -0.05) is 62.7 Å². The Morgan fingerprint density at radius 2 is 1.83 bits per heavy atom. The van der Waals surface area contributed by atoms with Gasteiger partial charge in [-0.3, -0.25) is 4.79 Å². The first-order valence-corrected chi connectivity index (χ1v) is 14.8. The molecule has 220 valence electrons. The number of amides is 1. The summed E-state index contributed by atoms with van der Waals surface area (Å²) in [6.07, 6.45) is 8.79. The van der Waals surface area contributed by atoms with E-state index in [0.29, 0.717) is 30.7 Å². The third kappa shape index (κ3) is 7.99. The second-order valence-electron chi connectivity index (χ2n) is 12.0.